The molecular formula is C27H41N3O9. The van der Waals surface area contributed by atoms with Crippen molar-refractivity contribution in [1.82, 2.24) is 15.5 Å². The quantitative estimate of drug-likeness (QED) is 0.171. The third-order valence-corrected chi connectivity index (χ3v) is 7.59. The molecule has 1 saturated heterocycles. The lowest BCUT2D eigenvalue weighted by atomic mass is 9.85. The summed E-state index contributed by atoms with van der Waals surface area (Å²) in [7, 11) is 1.15. The van der Waals surface area contributed by atoms with Crippen LogP contribution in [0.4, 0.5) is 9.59 Å². The van der Waals surface area contributed by atoms with Gasteiger partial charge in [0.05, 0.1) is 7.11 Å². The smallest absolute Gasteiger partial charge is 0.446 e. The highest BCUT2D eigenvalue weighted by Crippen LogP contribution is 2.45. The molecular weight excluding hydrogens is 510 g/mol. The summed E-state index contributed by atoms with van der Waals surface area (Å²) in [5.41, 5.74) is -1.84. The number of ether oxygens (including phenoxy) is 4. The molecule has 218 valence electrons. The Morgan fingerprint density at radius 1 is 1.10 bits per heavy atom. The van der Waals surface area contributed by atoms with Crippen LogP contribution in [0.1, 0.15) is 65.7 Å². The summed E-state index contributed by atoms with van der Waals surface area (Å²) in [5, 5.41) is 5.59. The molecule has 0 aromatic carbocycles. The lowest BCUT2D eigenvalue weighted by Gasteiger charge is -2.35. The Hall–Kier alpha value is -3.15. The Bertz CT molecular complexity index is 957. The van der Waals surface area contributed by atoms with Gasteiger partial charge in [0.25, 0.3) is 0 Å². The molecule has 2 N–H and O–H groups in total. The second-order valence-electron chi connectivity index (χ2n) is 11.4. The van der Waals surface area contributed by atoms with Crippen molar-refractivity contribution in [3.05, 3.63) is 12.7 Å². The Labute approximate surface area is 229 Å². The summed E-state index contributed by atoms with van der Waals surface area (Å²) < 4.78 is 19.6. The maximum atomic E-state index is 13.7. The topological polar surface area (TPSA) is 150 Å². The van der Waals surface area contributed by atoms with E-state index in [1.165, 1.54) is 4.90 Å². The molecule has 1 aliphatic heterocycles. The van der Waals surface area contributed by atoms with Crippen LogP contribution in [0, 0.1) is 11.3 Å². The number of carbonyl (C=O) groups is 5. The second-order valence-corrected chi connectivity index (χ2v) is 11.4. The number of hydrogen-bond acceptors (Lipinski definition) is 9. The van der Waals surface area contributed by atoms with Crippen LogP contribution in [0.5, 0.6) is 0 Å². The summed E-state index contributed by atoms with van der Waals surface area (Å²) in [4.78, 5) is 65.2. The maximum absolute atomic E-state index is 13.7. The first-order valence-corrected chi connectivity index (χ1v) is 13.5. The Balaban J connectivity index is 1.64. The fourth-order valence-corrected chi connectivity index (χ4v) is 5.25. The van der Waals surface area contributed by atoms with E-state index < -0.39 is 60.4 Å². The Morgan fingerprint density at radius 2 is 1.79 bits per heavy atom. The molecule has 4 atom stereocenters. The Kier molecular flexibility index (Phi) is 9.98. The van der Waals surface area contributed by atoms with Crippen molar-refractivity contribution in [2.24, 2.45) is 11.3 Å². The van der Waals surface area contributed by atoms with Gasteiger partial charge in [-0.15, -0.1) is 6.58 Å². The third kappa shape index (κ3) is 7.49. The van der Waals surface area contributed by atoms with Crippen LogP contribution < -0.4 is 10.6 Å². The summed E-state index contributed by atoms with van der Waals surface area (Å²) >= 11 is 0. The first-order valence-electron chi connectivity index (χ1n) is 13.5. The highest BCUT2D eigenvalue weighted by atomic mass is 16.8. The van der Waals surface area contributed by atoms with Gasteiger partial charge in [0.2, 0.25) is 11.8 Å². The van der Waals surface area contributed by atoms with Crippen LogP contribution in [-0.4, -0.2) is 85.5 Å². The van der Waals surface area contributed by atoms with E-state index in [2.05, 4.69) is 26.7 Å². The number of ketones is 1. The van der Waals surface area contributed by atoms with Crippen molar-refractivity contribution in [3.63, 3.8) is 0 Å². The summed E-state index contributed by atoms with van der Waals surface area (Å²) in [6.07, 6.45) is 4.88. The number of Topliss-reactive ketones (excluding diaryl/α,β-unsaturated/α-hetero) is 1. The zero-order valence-electron chi connectivity index (χ0n) is 23.3. The lowest BCUT2D eigenvalue weighted by Crippen LogP contribution is -2.59. The molecule has 0 spiro atoms. The van der Waals surface area contributed by atoms with Gasteiger partial charge in [-0.05, 0) is 50.4 Å². The van der Waals surface area contributed by atoms with E-state index in [0.717, 1.165) is 32.8 Å². The van der Waals surface area contributed by atoms with Crippen molar-refractivity contribution < 1.29 is 42.9 Å². The van der Waals surface area contributed by atoms with E-state index in [9.17, 15) is 24.0 Å². The molecule has 2 saturated carbocycles. The highest BCUT2D eigenvalue weighted by molar-refractivity contribution is 5.99. The van der Waals surface area contributed by atoms with Crippen LogP contribution in [0.2, 0.25) is 0 Å². The number of carbonyl (C=O) groups excluding carboxylic acids is 5. The SMILES string of the molecule is C=C[C@@H]1C[C@]1(NC(=O)[C@@H]1CCCN1C(=O)[C@@H](NC(=O)OC1CCCC1)C(C)(C)C)C(=O)COCOC(=O)OC. The van der Waals surface area contributed by atoms with Gasteiger partial charge in [-0.2, -0.15) is 0 Å². The van der Waals surface area contributed by atoms with Crippen LogP contribution in [0.25, 0.3) is 0 Å². The molecule has 3 aliphatic rings. The fourth-order valence-electron chi connectivity index (χ4n) is 5.25. The van der Waals surface area contributed by atoms with Crippen LogP contribution in [0.3, 0.4) is 0 Å². The number of methoxy groups -OCH3 is 1. The molecule has 0 aromatic heterocycles. The monoisotopic (exact) mass is 551 g/mol. The van der Waals surface area contributed by atoms with Crippen molar-refractivity contribution in [2.45, 2.75) is 89.4 Å². The van der Waals surface area contributed by atoms with Crippen molar-refractivity contribution in [1.29, 1.82) is 0 Å². The minimum absolute atomic E-state index is 0.146. The third-order valence-electron chi connectivity index (χ3n) is 7.59. The minimum Gasteiger partial charge on any atom is -0.446 e. The number of hydrogen-bond donors (Lipinski definition) is 2. The lowest BCUT2D eigenvalue weighted by molar-refractivity contribution is -0.143. The molecule has 3 amide bonds. The molecule has 0 radical (unpaired) electrons. The predicted molar refractivity (Wildman–Crippen MR) is 138 cm³/mol. The summed E-state index contributed by atoms with van der Waals surface area (Å²) in [6.45, 7) is 8.75. The van der Waals surface area contributed by atoms with E-state index in [0.29, 0.717) is 25.8 Å². The molecule has 0 bridgehead atoms. The number of alkyl carbamates (subject to hydrolysis) is 1. The number of likely N-dealkylation sites (tertiary alicyclic amines) is 1. The molecule has 39 heavy (non-hydrogen) atoms. The zero-order chi connectivity index (χ0) is 28.8. The number of nitrogens with one attached hydrogen (secondary N) is 2. The zero-order valence-corrected chi connectivity index (χ0v) is 23.3. The molecule has 12 nitrogen and oxygen atoms in total. The van der Waals surface area contributed by atoms with Gasteiger partial charge in [0, 0.05) is 12.5 Å². The predicted octanol–water partition coefficient (Wildman–Crippen LogP) is 2.45. The van der Waals surface area contributed by atoms with E-state index in [4.69, 9.17) is 9.47 Å². The van der Waals surface area contributed by atoms with Crippen molar-refractivity contribution in [2.75, 3.05) is 27.1 Å². The van der Waals surface area contributed by atoms with Gasteiger partial charge in [-0.25, -0.2) is 9.59 Å². The van der Waals surface area contributed by atoms with Gasteiger partial charge >= 0.3 is 12.2 Å². The Morgan fingerprint density at radius 3 is 2.38 bits per heavy atom. The number of rotatable bonds is 11. The normalized spacial score (nSPS) is 25.4. The number of amides is 3. The standard InChI is InChI=1S/C27H41N3O9/c1-6-17-14-27(17,20(31)15-37-16-38-25(35)36-5)29-22(32)19-12-9-13-30(19)23(33)21(26(2,3)4)28-24(34)39-18-10-7-8-11-18/h6,17-19,21H,1,7-16H2,2-5H3,(H,28,34)(H,29,32)/t17-,19+,21-,27-/m1/s1. The first-order chi connectivity index (χ1) is 18.4. The van der Waals surface area contributed by atoms with Crippen LogP contribution in [0.15, 0.2) is 12.7 Å². The molecule has 0 unspecified atom stereocenters. The van der Waals surface area contributed by atoms with Crippen LogP contribution in [-0.2, 0) is 33.3 Å². The second kappa shape index (κ2) is 12.8. The summed E-state index contributed by atoms with van der Waals surface area (Å²) in [5.74, 6) is -1.51. The average Bonchev–Trinajstić information content (AvgIpc) is 3.21. The largest absolute Gasteiger partial charge is 0.510 e. The fraction of sp³-hybridized carbons (Fsp3) is 0.741. The first kappa shape index (κ1) is 30.4. The van der Waals surface area contributed by atoms with E-state index in [-0.39, 0.29) is 17.9 Å². The highest BCUT2D eigenvalue weighted by Gasteiger charge is 2.60. The maximum Gasteiger partial charge on any atom is 0.510 e. The molecule has 2 aliphatic carbocycles. The number of nitrogens with zero attached hydrogens (tertiary/aromatic N) is 1. The van der Waals surface area contributed by atoms with E-state index in [1.807, 2.05) is 20.8 Å². The van der Waals surface area contributed by atoms with Gasteiger partial charge < -0.3 is 34.5 Å². The van der Waals surface area contributed by atoms with Gasteiger partial charge in [-0.1, -0.05) is 26.8 Å². The molecule has 3 fully saturated rings. The van der Waals surface area contributed by atoms with Crippen molar-refractivity contribution in [3.8, 4) is 0 Å². The average molecular weight is 552 g/mol. The van der Waals surface area contributed by atoms with Crippen molar-refractivity contribution >= 4 is 29.8 Å². The summed E-state index contributed by atoms with van der Waals surface area (Å²) in [6, 6.07) is -1.70. The van der Waals surface area contributed by atoms with E-state index >= 15 is 0 Å². The molecule has 1 heterocycles. The molecule has 12 heteroatoms. The van der Waals surface area contributed by atoms with E-state index in [1.54, 1.807) is 6.08 Å². The van der Waals surface area contributed by atoms with Gasteiger partial charge in [0.1, 0.15) is 30.3 Å². The van der Waals surface area contributed by atoms with Gasteiger partial charge in [0.15, 0.2) is 12.6 Å². The molecule has 0 aromatic rings. The van der Waals surface area contributed by atoms with Gasteiger partial charge in [-0.3, -0.25) is 14.4 Å². The molecule has 3 rings (SSSR count). The minimum atomic E-state index is -1.20. The van der Waals surface area contributed by atoms with Crippen LogP contribution >= 0.6 is 0 Å².